The summed E-state index contributed by atoms with van der Waals surface area (Å²) in [5.41, 5.74) is 8.01. The summed E-state index contributed by atoms with van der Waals surface area (Å²) in [7, 11) is 1.68. The first-order valence-corrected chi connectivity index (χ1v) is 5.75. The van der Waals surface area contributed by atoms with Gasteiger partial charge in [0, 0.05) is 18.7 Å². The van der Waals surface area contributed by atoms with Crippen LogP contribution in [0.1, 0.15) is 36.9 Å². The minimum atomic E-state index is -0.0764. The van der Waals surface area contributed by atoms with Gasteiger partial charge in [-0.1, -0.05) is 25.5 Å². The molecule has 0 aliphatic carbocycles. The zero-order valence-corrected chi connectivity index (χ0v) is 10.1. The maximum Gasteiger partial charge on any atom is 0.120 e. The van der Waals surface area contributed by atoms with E-state index in [-0.39, 0.29) is 6.04 Å². The van der Waals surface area contributed by atoms with Gasteiger partial charge in [-0.3, -0.25) is 0 Å². The molecular weight excluding hydrogens is 202 g/mol. The minimum absolute atomic E-state index is 0.0764. The maximum atomic E-state index is 9.75. The van der Waals surface area contributed by atoms with Gasteiger partial charge < -0.3 is 15.6 Å². The van der Waals surface area contributed by atoms with Crippen LogP contribution in [0.5, 0.6) is 5.75 Å². The first kappa shape index (κ1) is 13.0. The van der Waals surface area contributed by atoms with E-state index in [1.54, 1.807) is 13.2 Å². The van der Waals surface area contributed by atoms with E-state index in [2.05, 4.69) is 6.92 Å². The van der Waals surface area contributed by atoms with Gasteiger partial charge in [-0.05, 0) is 24.5 Å². The summed E-state index contributed by atoms with van der Waals surface area (Å²) in [5.74, 6) is 0.294. The lowest BCUT2D eigenvalue weighted by Crippen LogP contribution is -2.10. The molecule has 1 aromatic carbocycles. The molecule has 3 nitrogen and oxygen atoms in total. The van der Waals surface area contributed by atoms with Crippen molar-refractivity contribution in [2.45, 2.75) is 32.2 Å². The van der Waals surface area contributed by atoms with Crippen LogP contribution in [0, 0.1) is 0 Å². The lowest BCUT2D eigenvalue weighted by molar-refractivity contribution is 0.202. The van der Waals surface area contributed by atoms with E-state index in [0.717, 1.165) is 30.4 Å². The van der Waals surface area contributed by atoms with Crippen LogP contribution in [-0.2, 0) is 11.2 Å². The Morgan fingerprint density at radius 3 is 2.81 bits per heavy atom. The van der Waals surface area contributed by atoms with E-state index in [4.69, 9.17) is 10.5 Å². The van der Waals surface area contributed by atoms with Crippen LogP contribution in [-0.4, -0.2) is 18.8 Å². The average Bonchev–Trinajstić information content (AvgIpc) is 2.28. The number of aromatic hydroxyl groups is 1. The van der Waals surface area contributed by atoms with Crippen molar-refractivity contribution in [2.75, 3.05) is 13.7 Å². The Morgan fingerprint density at radius 1 is 1.44 bits per heavy atom. The highest BCUT2D eigenvalue weighted by molar-refractivity contribution is 5.38. The molecule has 0 aliphatic rings. The zero-order chi connectivity index (χ0) is 12.0. The molecule has 90 valence electrons. The zero-order valence-electron chi connectivity index (χ0n) is 10.1. The molecule has 0 saturated heterocycles. The fraction of sp³-hybridized carbons (Fsp3) is 0.538. The predicted molar refractivity (Wildman–Crippen MR) is 65.5 cm³/mol. The summed E-state index contributed by atoms with van der Waals surface area (Å²) < 4.78 is 5.03. The fourth-order valence-electron chi connectivity index (χ4n) is 1.74. The summed E-state index contributed by atoms with van der Waals surface area (Å²) in [6, 6.07) is 5.54. The van der Waals surface area contributed by atoms with E-state index >= 15 is 0 Å². The Labute approximate surface area is 97.2 Å². The standard InChI is InChI=1S/C13H21NO2/c1-3-4-12(14)11-9-10(7-8-16-2)5-6-13(11)15/h5-6,9,12,15H,3-4,7-8,14H2,1-2H3. The Kier molecular flexibility index (Phi) is 5.29. The quantitative estimate of drug-likeness (QED) is 0.778. The molecule has 3 heteroatoms. The molecule has 0 radical (unpaired) electrons. The number of benzene rings is 1. The van der Waals surface area contributed by atoms with Crippen molar-refractivity contribution in [1.82, 2.24) is 0 Å². The van der Waals surface area contributed by atoms with Crippen molar-refractivity contribution >= 4 is 0 Å². The van der Waals surface area contributed by atoms with Crippen LogP contribution in [0.4, 0.5) is 0 Å². The summed E-state index contributed by atoms with van der Waals surface area (Å²) in [6.07, 6.45) is 2.76. The van der Waals surface area contributed by atoms with E-state index < -0.39 is 0 Å². The summed E-state index contributed by atoms with van der Waals surface area (Å²) in [6.45, 7) is 2.78. The number of nitrogens with two attached hydrogens (primary N) is 1. The Hall–Kier alpha value is -1.06. The van der Waals surface area contributed by atoms with Crippen LogP contribution in [0.25, 0.3) is 0 Å². The third-order valence-electron chi connectivity index (χ3n) is 2.69. The second kappa shape index (κ2) is 6.51. The van der Waals surface area contributed by atoms with Crippen LogP contribution < -0.4 is 5.73 Å². The van der Waals surface area contributed by atoms with Crippen molar-refractivity contribution in [3.05, 3.63) is 29.3 Å². The maximum absolute atomic E-state index is 9.75. The van der Waals surface area contributed by atoms with Crippen LogP contribution in [0.3, 0.4) is 0 Å². The van der Waals surface area contributed by atoms with Crippen LogP contribution in [0.2, 0.25) is 0 Å². The first-order valence-electron chi connectivity index (χ1n) is 5.75. The number of rotatable bonds is 6. The molecule has 0 aromatic heterocycles. The number of ether oxygens (including phenoxy) is 1. The molecule has 0 aliphatic heterocycles. The monoisotopic (exact) mass is 223 g/mol. The number of phenolic OH excluding ortho intramolecular Hbond substituents is 1. The molecule has 1 unspecified atom stereocenters. The number of hydrogen-bond acceptors (Lipinski definition) is 3. The summed E-state index contributed by atoms with van der Waals surface area (Å²) in [5, 5.41) is 9.75. The number of hydrogen-bond donors (Lipinski definition) is 2. The largest absolute Gasteiger partial charge is 0.508 e. The molecule has 16 heavy (non-hydrogen) atoms. The normalized spacial score (nSPS) is 12.7. The topological polar surface area (TPSA) is 55.5 Å². The number of methoxy groups -OCH3 is 1. The molecular formula is C13H21NO2. The van der Waals surface area contributed by atoms with Crippen LogP contribution in [0.15, 0.2) is 18.2 Å². The molecule has 0 spiro atoms. The van der Waals surface area contributed by atoms with E-state index in [0.29, 0.717) is 12.4 Å². The molecule has 0 bridgehead atoms. The van der Waals surface area contributed by atoms with Gasteiger partial charge in [-0.15, -0.1) is 0 Å². The first-order chi connectivity index (χ1) is 7.69. The lowest BCUT2D eigenvalue weighted by atomic mass is 9.99. The molecule has 0 saturated carbocycles. The van der Waals surface area contributed by atoms with Gasteiger partial charge in [-0.25, -0.2) is 0 Å². The Bertz CT molecular complexity index is 326. The highest BCUT2D eigenvalue weighted by atomic mass is 16.5. The molecule has 1 rings (SSSR count). The molecule has 0 amide bonds. The Balaban J connectivity index is 2.81. The smallest absolute Gasteiger partial charge is 0.120 e. The van der Waals surface area contributed by atoms with Crippen molar-refractivity contribution in [3.63, 3.8) is 0 Å². The lowest BCUT2D eigenvalue weighted by Gasteiger charge is -2.14. The summed E-state index contributed by atoms with van der Waals surface area (Å²) in [4.78, 5) is 0. The van der Waals surface area contributed by atoms with Gasteiger partial charge in [0.1, 0.15) is 5.75 Å². The molecule has 1 atom stereocenters. The van der Waals surface area contributed by atoms with Gasteiger partial charge in [0.2, 0.25) is 0 Å². The minimum Gasteiger partial charge on any atom is -0.508 e. The third kappa shape index (κ3) is 3.51. The third-order valence-corrected chi connectivity index (χ3v) is 2.69. The molecule has 3 N–H and O–H groups in total. The van der Waals surface area contributed by atoms with Gasteiger partial charge in [-0.2, -0.15) is 0 Å². The van der Waals surface area contributed by atoms with Crippen LogP contribution >= 0.6 is 0 Å². The summed E-state index contributed by atoms with van der Waals surface area (Å²) >= 11 is 0. The highest BCUT2D eigenvalue weighted by Gasteiger charge is 2.10. The van der Waals surface area contributed by atoms with Crippen molar-refractivity contribution < 1.29 is 9.84 Å². The van der Waals surface area contributed by atoms with E-state index in [1.165, 1.54) is 0 Å². The van der Waals surface area contributed by atoms with Gasteiger partial charge in [0.15, 0.2) is 0 Å². The Morgan fingerprint density at radius 2 is 2.19 bits per heavy atom. The van der Waals surface area contributed by atoms with Gasteiger partial charge in [0.25, 0.3) is 0 Å². The SMILES string of the molecule is CCCC(N)c1cc(CCOC)ccc1O. The van der Waals surface area contributed by atoms with Crippen molar-refractivity contribution in [3.8, 4) is 5.75 Å². The van der Waals surface area contributed by atoms with Gasteiger partial charge >= 0.3 is 0 Å². The molecule has 0 heterocycles. The predicted octanol–water partition coefficient (Wildman–Crippen LogP) is 2.38. The highest BCUT2D eigenvalue weighted by Crippen LogP contribution is 2.26. The second-order valence-electron chi connectivity index (χ2n) is 4.03. The van der Waals surface area contributed by atoms with Crippen molar-refractivity contribution in [1.29, 1.82) is 0 Å². The van der Waals surface area contributed by atoms with Gasteiger partial charge in [0.05, 0.1) is 6.61 Å². The van der Waals surface area contributed by atoms with E-state index in [1.807, 2.05) is 12.1 Å². The second-order valence-corrected chi connectivity index (χ2v) is 4.03. The molecule has 0 fully saturated rings. The molecule has 1 aromatic rings. The average molecular weight is 223 g/mol. The van der Waals surface area contributed by atoms with E-state index in [9.17, 15) is 5.11 Å². The number of phenols is 1. The fourth-order valence-corrected chi connectivity index (χ4v) is 1.74. The van der Waals surface area contributed by atoms with Crippen molar-refractivity contribution in [2.24, 2.45) is 5.73 Å².